The van der Waals surface area contributed by atoms with Gasteiger partial charge in [-0.3, -0.25) is 9.80 Å². The van der Waals surface area contributed by atoms with Crippen LogP contribution in [0.25, 0.3) is 0 Å². The maximum atomic E-state index is 13.6. The zero-order valence-corrected chi connectivity index (χ0v) is 18.8. The van der Waals surface area contributed by atoms with Gasteiger partial charge in [0.05, 0.1) is 12.1 Å². The molecule has 3 nitrogen and oxygen atoms in total. The van der Waals surface area contributed by atoms with E-state index in [0.717, 1.165) is 25.9 Å². The lowest BCUT2D eigenvalue weighted by Crippen LogP contribution is -2.33. The van der Waals surface area contributed by atoms with E-state index in [9.17, 15) is 4.79 Å². The fourth-order valence-corrected chi connectivity index (χ4v) is 4.40. The molecule has 0 bridgehead atoms. The van der Waals surface area contributed by atoms with Crippen LogP contribution in [0.15, 0.2) is 81.7 Å². The zero-order valence-electron chi connectivity index (χ0n) is 15.6. The highest BCUT2D eigenvalue weighted by molar-refractivity contribution is 9.10. The van der Waals surface area contributed by atoms with Gasteiger partial charge in [-0.1, -0.05) is 61.7 Å². The van der Waals surface area contributed by atoms with Crippen molar-refractivity contribution >= 4 is 49.3 Å². The number of hydrogen-bond donors (Lipinski definition) is 0. The van der Waals surface area contributed by atoms with E-state index < -0.39 is 0 Å². The minimum Gasteiger partial charge on any atom is -0.289 e. The third-order valence-corrected chi connectivity index (χ3v) is 6.21. The Hall–Kier alpha value is -2.11. The van der Waals surface area contributed by atoms with Crippen molar-refractivity contribution in [2.24, 2.45) is 0 Å². The number of carbonyl (C=O) groups excluding carboxylic acids is 1. The zero-order chi connectivity index (χ0) is 19.8. The Morgan fingerprint density at radius 3 is 1.86 bits per heavy atom. The SMILES string of the molecule is Cc1cccc([C@@H]2[C@@H](C)N(c3ccc(Br)cc3)C(=O)N2c2ccc(Br)cc2)c1. The molecule has 4 rings (SSSR count). The molecule has 0 unspecified atom stereocenters. The molecule has 0 aromatic heterocycles. The minimum absolute atomic E-state index is 0.0105. The number of amides is 2. The van der Waals surface area contributed by atoms with E-state index in [1.54, 1.807) is 0 Å². The average Bonchev–Trinajstić information content (AvgIpc) is 2.94. The van der Waals surface area contributed by atoms with Gasteiger partial charge in [0, 0.05) is 20.3 Å². The van der Waals surface area contributed by atoms with Gasteiger partial charge in [-0.15, -0.1) is 0 Å². The standard InChI is InChI=1S/C23H20Br2N2O/c1-15-4-3-5-17(14-15)22-16(2)26(20-10-6-18(24)7-11-20)23(28)27(22)21-12-8-19(25)9-13-21/h3-14,16,22H,1-2H3/t16-,22+/m1/s1. The molecular weight excluding hydrogens is 480 g/mol. The fraction of sp³-hybridized carbons (Fsp3) is 0.174. The molecule has 28 heavy (non-hydrogen) atoms. The van der Waals surface area contributed by atoms with Gasteiger partial charge in [0.1, 0.15) is 0 Å². The molecule has 3 aromatic carbocycles. The number of hydrogen-bond acceptors (Lipinski definition) is 1. The first-order valence-electron chi connectivity index (χ1n) is 9.16. The highest BCUT2D eigenvalue weighted by Crippen LogP contribution is 2.41. The highest BCUT2D eigenvalue weighted by Gasteiger charge is 2.45. The van der Waals surface area contributed by atoms with E-state index in [1.165, 1.54) is 5.56 Å². The maximum Gasteiger partial charge on any atom is 0.329 e. The Bertz CT molecular complexity index is 1000. The van der Waals surface area contributed by atoms with E-state index in [4.69, 9.17) is 0 Å². The topological polar surface area (TPSA) is 23.6 Å². The van der Waals surface area contributed by atoms with Gasteiger partial charge in [0.15, 0.2) is 0 Å². The molecule has 1 aliphatic rings. The number of urea groups is 1. The molecule has 3 aromatic rings. The normalized spacial score (nSPS) is 19.4. The molecule has 1 heterocycles. The smallest absolute Gasteiger partial charge is 0.289 e. The molecule has 0 saturated carbocycles. The van der Waals surface area contributed by atoms with E-state index in [-0.39, 0.29) is 18.1 Å². The summed E-state index contributed by atoms with van der Waals surface area (Å²) in [5, 5.41) is 0. The van der Waals surface area contributed by atoms with Gasteiger partial charge >= 0.3 is 6.03 Å². The monoisotopic (exact) mass is 498 g/mol. The van der Waals surface area contributed by atoms with Crippen molar-refractivity contribution in [1.29, 1.82) is 0 Å². The van der Waals surface area contributed by atoms with Crippen molar-refractivity contribution in [1.82, 2.24) is 0 Å². The predicted octanol–water partition coefficient (Wildman–Crippen LogP) is 7.10. The van der Waals surface area contributed by atoms with Gasteiger partial charge in [-0.2, -0.15) is 0 Å². The Kier molecular flexibility index (Phi) is 5.30. The number of anilines is 2. The molecule has 0 radical (unpaired) electrons. The summed E-state index contributed by atoms with van der Waals surface area (Å²) in [6.45, 7) is 4.20. The summed E-state index contributed by atoms with van der Waals surface area (Å²) in [5.74, 6) is 0. The highest BCUT2D eigenvalue weighted by atomic mass is 79.9. The number of halogens is 2. The minimum atomic E-state index is -0.0720. The second-order valence-electron chi connectivity index (χ2n) is 7.07. The summed E-state index contributed by atoms with van der Waals surface area (Å²) >= 11 is 6.97. The predicted molar refractivity (Wildman–Crippen MR) is 122 cm³/mol. The molecule has 1 saturated heterocycles. The quantitative estimate of drug-likeness (QED) is 0.377. The second kappa shape index (κ2) is 7.72. The van der Waals surface area contributed by atoms with Gasteiger partial charge in [0.2, 0.25) is 0 Å². The first-order valence-corrected chi connectivity index (χ1v) is 10.7. The Morgan fingerprint density at radius 1 is 0.786 bits per heavy atom. The van der Waals surface area contributed by atoms with Crippen LogP contribution in [0.1, 0.15) is 24.1 Å². The van der Waals surface area contributed by atoms with Crippen LogP contribution >= 0.6 is 31.9 Å². The largest absolute Gasteiger partial charge is 0.329 e. The third-order valence-electron chi connectivity index (χ3n) is 5.15. The number of carbonyl (C=O) groups is 1. The van der Waals surface area contributed by atoms with Crippen LogP contribution in [0, 0.1) is 6.92 Å². The van der Waals surface area contributed by atoms with Crippen LogP contribution in [0.4, 0.5) is 16.2 Å². The van der Waals surface area contributed by atoms with E-state index in [1.807, 2.05) is 58.3 Å². The molecule has 0 N–H and O–H groups in total. The molecule has 1 fully saturated rings. The number of benzene rings is 3. The summed E-state index contributed by atoms with van der Waals surface area (Å²) in [4.78, 5) is 17.4. The maximum absolute atomic E-state index is 13.6. The number of nitrogens with zero attached hydrogens (tertiary/aromatic N) is 2. The Morgan fingerprint density at radius 2 is 1.32 bits per heavy atom. The molecule has 142 valence electrons. The first kappa shape index (κ1) is 19.2. The molecule has 2 amide bonds. The lowest BCUT2D eigenvalue weighted by Gasteiger charge is -2.26. The molecule has 0 spiro atoms. The van der Waals surface area contributed by atoms with Crippen LogP contribution in [-0.2, 0) is 0 Å². The Balaban J connectivity index is 1.83. The number of rotatable bonds is 3. The van der Waals surface area contributed by atoms with Crippen molar-refractivity contribution in [2.45, 2.75) is 25.9 Å². The van der Waals surface area contributed by atoms with Gasteiger partial charge < -0.3 is 0 Å². The molecule has 5 heteroatoms. The van der Waals surface area contributed by atoms with Crippen molar-refractivity contribution in [3.8, 4) is 0 Å². The van der Waals surface area contributed by atoms with Gasteiger partial charge in [0.25, 0.3) is 0 Å². The lowest BCUT2D eigenvalue weighted by atomic mass is 9.98. The first-order chi connectivity index (χ1) is 13.5. The van der Waals surface area contributed by atoms with Crippen LogP contribution in [-0.4, -0.2) is 12.1 Å². The summed E-state index contributed by atoms with van der Waals surface area (Å²) in [6, 6.07) is 24.2. The van der Waals surface area contributed by atoms with E-state index in [2.05, 4.69) is 70.0 Å². The number of aryl methyl sites for hydroxylation is 1. The third kappa shape index (κ3) is 3.49. The van der Waals surface area contributed by atoms with Crippen molar-refractivity contribution in [2.75, 3.05) is 9.80 Å². The molecule has 2 atom stereocenters. The van der Waals surface area contributed by atoms with Crippen molar-refractivity contribution in [3.63, 3.8) is 0 Å². The van der Waals surface area contributed by atoms with Gasteiger partial charge in [-0.05, 0) is 67.9 Å². The van der Waals surface area contributed by atoms with Crippen LogP contribution in [0.2, 0.25) is 0 Å². The summed E-state index contributed by atoms with van der Waals surface area (Å²) < 4.78 is 1.99. The van der Waals surface area contributed by atoms with E-state index in [0.29, 0.717) is 0 Å². The van der Waals surface area contributed by atoms with Crippen molar-refractivity contribution in [3.05, 3.63) is 92.9 Å². The van der Waals surface area contributed by atoms with Crippen molar-refractivity contribution < 1.29 is 4.79 Å². The fourth-order valence-electron chi connectivity index (χ4n) is 3.87. The molecular formula is C23H20Br2N2O. The second-order valence-corrected chi connectivity index (χ2v) is 8.91. The summed E-state index contributed by atoms with van der Waals surface area (Å²) in [6.07, 6.45) is 0. The van der Waals surface area contributed by atoms with E-state index >= 15 is 0 Å². The van der Waals surface area contributed by atoms with Crippen LogP contribution < -0.4 is 9.80 Å². The average molecular weight is 500 g/mol. The Labute approximate surface area is 182 Å². The summed E-state index contributed by atoms with van der Waals surface area (Å²) in [5.41, 5.74) is 4.13. The van der Waals surface area contributed by atoms with Crippen LogP contribution in [0.3, 0.4) is 0 Å². The molecule has 1 aliphatic heterocycles. The van der Waals surface area contributed by atoms with Gasteiger partial charge in [-0.25, -0.2) is 4.79 Å². The lowest BCUT2D eigenvalue weighted by molar-refractivity contribution is 0.255. The summed E-state index contributed by atoms with van der Waals surface area (Å²) in [7, 11) is 0. The molecule has 0 aliphatic carbocycles. The van der Waals surface area contributed by atoms with Crippen LogP contribution in [0.5, 0.6) is 0 Å².